The fourth-order valence-corrected chi connectivity index (χ4v) is 2.57. The Bertz CT molecular complexity index is 396. The minimum Gasteiger partial charge on any atom is -0.444 e. The average Bonchev–Trinajstić information content (AvgIpc) is 2.71. The van der Waals surface area contributed by atoms with Gasteiger partial charge in [0.1, 0.15) is 5.60 Å². The zero-order valence-electron chi connectivity index (χ0n) is 11.4. The van der Waals surface area contributed by atoms with Crippen molar-refractivity contribution in [3.05, 3.63) is 21.9 Å². The fourth-order valence-electron chi connectivity index (χ4n) is 1.57. The second kappa shape index (κ2) is 6.20. The monoisotopic (exact) mass is 270 g/mol. The van der Waals surface area contributed by atoms with Gasteiger partial charge < -0.3 is 15.8 Å². The van der Waals surface area contributed by atoms with Gasteiger partial charge in [0.05, 0.1) is 6.04 Å². The number of carbonyl (C=O) groups excluding carboxylic acids is 1. The molecule has 0 aromatic carbocycles. The number of amides is 1. The van der Waals surface area contributed by atoms with Crippen LogP contribution in [-0.2, 0) is 11.2 Å². The van der Waals surface area contributed by atoms with E-state index >= 15 is 0 Å². The van der Waals surface area contributed by atoms with Gasteiger partial charge in [-0.15, -0.1) is 11.3 Å². The van der Waals surface area contributed by atoms with E-state index in [9.17, 15) is 4.79 Å². The highest BCUT2D eigenvalue weighted by Crippen LogP contribution is 2.23. The fraction of sp³-hybridized carbons (Fsp3) is 0.615. The van der Waals surface area contributed by atoms with Gasteiger partial charge in [0.25, 0.3) is 0 Å². The molecule has 0 aliphatic heterocycles. The van der Waals surface area contributed by atoms with Gasteiger partial charge in [0, 0.05) is 11.4 Å². The number of carbonyl (C=O) groups is 1. The molecule has 1 unspecified atom stereocenters. The zero-order chi connectivity index (χ0) is 13.8. The second-order valence-corrected chi connectivity index (χ2v) is 6.10. The second-order valence-electron chi connectivity index (χ2n) is 5.15. The van der Waals surface area contributed by atoms with Crippen LogP contribution in [0.3, 0.4) is 0 Å². The molecular formula is C13H22N2O2S. The maximum absolute atomic E-state index is 11.5. The highest BCUT2D eigenvalue weighted by molar-refractivity contribution is 7.10. The van der Waals surface area contributed by atoms with Crippen LogP contribution in [0.5, 0.6) is 0 Å². The molecule has 0 aliphatic rings. The molecule has 0 bridgehead atoms. The molecule has 1 rings (SSSR count). The van der Waals surface area contributed by atoms with E-state index < -0.39 is 11.7 Å². The Morgan fingerprint density at radius 3 is 2.78 bits per heavy atom. The lowest BCUT2D eigenvalue weighted by atomic mass is 10.1. The van der Waals surface area contributed by atoms with Crippen LogP contribution in [0.25, 0.3) is 0 Å². The number of nitrogens with one attached hydrogen (secondary N) is 1. The van der Waals surface area contributed by atoms with E-state index in [-0.39, 0.29) is 6.04 Å². The van der Waals surface area contributed by atoms with Crippen LogP contribution < -0.4 is 11.1 Å². The van der Waals surface area contributed by atoms with E-state index in [1.54, 1.807) is 11.3 Å². The Kier molecular flexibility index (Phi) is 5.16. The highest BCUT2D eigenvalue weighted by Gasteiger charge is 2.18. The van der Waals surface area contributed by atoms with Gasteiger partial charge in [-0.05, 0) is 44.2 Å². The molecular weight excluding hydrogens is 248 g/mol. The first-order valence-corrected chi connectivity index (χ1v) is 7.00. The molecule has 1 aromatic heterocycles. The summed E-state index contributed by atoms with van der Waals surface area (Å²) >= 11 is 1.63. The molecule has 0 spiro atoms. The number of nitrogens with two attached hydrogens (primary N) is 1. The third-order valence-corrected chi connectivity index (χ3v) is 3.45. The van der Waals surface area contributed by atoms with Gasteiger partial charge in [-0.1, -0.05) is 6.92 Å². The first kappa shape index (κ1) is 15.0. The zero-order valence-corrected chi connectivity index (χ0v) is 12.3. The summed E-state index contributed by atoms with van der Waals surface area (Å²) < 4.78 is 5.16. The molecule has 1 atom stereocenters. The first-order chi connectivity index (χ1) is 8.33. The van der Waals surface area contributed by atoms with Crippen molar-refractivity contribution in [2.24, 2.45) is 5.73 Å². The number of thiophene rings is 1. The van der Waals surface area contributed by atoms with Crippen molar-refractivity contribution in [2.45, 2.75) is 45.8 Å². The van der Waals surface area contributed by atoms with E-state index in [1.165, 1.54) is 5.56 Å². The molecule has 1 amide bonds. The number of ether oxygens (including phenoxy) is 1. The Balaban J connectivity index is 2.47. The molecule has 18 heavy (non-hydrogen) atoms. The van der Waals surface area contributed by atoms with E-state index in [4.69, 9.17) is 10.5 Å². The predicted molar refractivity (Wildman–Crippen MR) is 74.9 cm³/mol. The normalized spacial score (nSPS) is 13.2. The summed E-state index contributed by atoms with van der Waals surface area (Å²) in [6.45, 7) is 7.99. The molecule has 0 radical (unpaired) electrons. The van der Waals surface area contributed by atoms with Crippen LogP contribution in [-0.4, -0.2) is 18.2 Å². The molecule has 0 saturated heterocycles. The quantitative estimate of drug-likeness (QED) is 0.884. The molecule has 4 nitrogen and oxygen atoms in total. The third-order valence-electron chi connectivity index (χ3n) is 2.36. The topological polar surface area (TPSA) is 64.3 Å². The van der Waals surface area contributed by atoms with E-state index in [2.05, 4.69) is 18.3 Å². The Morgan fingerprint density at radius 2 is 2.22 bits per heavy atom. The minimum atomic E-state index is -0.480. The lowest BCUT2D eigenvalue weighted by molar-refractivity contribution is 0.0524. The molecule has 5 heteroatoms. The Labute approximate surface area is 113 Å². The van der Waals surface area contributed by atoms with Gasteiger partial charge >= 0.3 is 6.09 Å². The summed E-state index contributed by atoms with van der Waals surface area (Å²) in [6.07, 6.45) is 0.534. The first-order valence-electron chi connectivity index (χ1n) is 6.12. The van der Waals surface area contributed by atoms with Gasteiger partial charge in [-0.2, -0.15) is 0 Å². The van der Waals surface area contributed by atoms with Gasteiger partial charge in [-0.3, -0.25) is 0 Å². The van der Waals surface area contributed by atoms with Gasteiger partial charge in [-0.25, -0.2) is 4.79 Å². The van der Waals surface area contributed by atoms with E-state index in [1.807, 2.05) is 26.2 Å². The summed E-state index contributed by atoms with van der Waals surface area (Å²) in [5.74, 6) is 0. The third kappa shape index (κ3) is 4.66. The van der Waals surface area contributed by atoms with Crippen LogP contribution in [0, 0.1) is 0 Å². The molecule has 0 saturated carbocycles. The lowest BCUT2D eigenvalue weighted by Crippen LogP contribution is -2.36. The van der Waals surface area contributed by atoms with Gasteiger partial charge in [0.15, 0.2) is 0 Å². The maximum atomic E-state index is 11.5. The van der Waals surface area contributed by atoms with Gasteiger partial charge in [0.2, 0.25) is 0 Å². The summed E-state index contributed by atoms with van der Waals surface area (Å²) in [5.41, 5.74) is 6.84. The van der Waals surface area contributed by atoms with E-state index in [0.29, 0.717) is 6.54 Å². The smallest absolute Gasteiger partial charge is 0.407 e. The SMILES string of the molecule is CCc1ccsc1C(N)CNC(=O)OC(C)(C)C. The Morgan fingerprint density at radius 1 is 1.56 bits per heavy atom. The van der Waals surface area contributed by atoms with E-state index in [0.717, 1.165) is 11.3 Å². The Hall–Kier alpha value is -1.07. The summed E-state index contributed by atoms with van der Waals surface area (Å²) in [7, 11) is 0. The van der Waals surface area contributed by atoms with Crippen molar-refractivity contribution in [1.29, 1.82) is 0 Å². The van der Waals surface area contributed by atoms with Crippen LogP contribution >= 0.6 is 11.3 Å². The number of alkyl carbamates (subject to hydrolysis) is 1. The highest BCUT2D eigenvalue weighted by atomic mass is 32.1. The number of aryl methyl sites for hydroxylation is 1. The van der Waals surface area contributed by atoms with Crippen LogP contribution in [0.1, 0.15) is 44.2 Å². The molecule has 102 valence electrons. The van der Waals surface area contributed by atoms with Crippen molar-refractivity contribution in [3.8, 4) is 0 Å². The van der Waals surface area contributed by atoms with Crippen molar-refractivity contribution in [2.75, 3.05) is 6.54 Å². The number of hydrogen-bond donors (Lipinski definition) is 2. The minimum absolute atomic E-state index is 0.174. The molecule has 0 aliphatic carbocycles. The maximum Gasteiger partial charge on any atom is 0.407 e. The van der Waals surface area contributed by atoms with Crippen LogP contribution in [0.4, 0.5) is 4.79 Å². The van der Waals surface area contributed by atoms with Crippen molar-refractivity contribution >= 4 is 17.4 Å². The lowest BCUT2D eigenvalue weighted by Gasteiger charge is -2.20. The van der Waals surface area contributed by atoms with Crippen LogP contribution in [0.2, 0.25) is 0 Å². The summed E-state index contributed by atoms with van der Waals surface area (Å²) in [4.78, 5) is 12.6. The number of rotatable bonds is 4. The van der Waals surface area contributed by atoms with Crippen molar-refractivity contribution in [3.63, 3.8) is 0 Å². The standard InChI is InChI=1S/C13H22N2O2S/c1-5-9-6-7-18-11(9)10(14)8-15-12(16)17-13(2,3)4/h6-7,10H,5,8,14H2,1-4H3,(H,15,16). The van der Waals surface area contributed by atoms with Crippen molar-refractivity contribution in [1.82, 2.24) is 5.32 Å². The predicted octanol–water partition coefficient (Wildman–Crippen LogP) is 2.84. The van der Waals surface area contributed by atoms with Crippen LogP contribution in [0.15, 0.2) is 11.4 Å². The summed E-state index contributed by atoms with van der Waals surface area (Å²) in [6, 6.07) is 1.90. The molecule has 1 heterocycles. The molecule has 0 fully saturated rings. The average molecular weight is 270 g/mol. The number of hydrogen-bond acceptors (Lipinski definition) is 4. The van der Waals surface area contributed by atoms with Crippen molar-refractivity contribution < 1.29 is 9.53 Å². The molecule has 3 N–H and O–H groups in total. The summed E-state index contributed by atoms with van der Waals surface area (Å²) in [5, 5.41) is 4.73. The largest absolute Gasteiger partial charge is 0.444 e. The molecule has 1 aromatic rings.